The molecule has 1 aliphatic carbocycles. The number of rotatable bonds is 6. The lowest BCUT2D eigenvalue weighted by Gasteiger charge is -2.23. The molecule has 35 heavy (non-hydrogen) atoms. The fourth-order valence-corrected chi connectivity index (χ4v) is 5.96. The van der Waals surface area contributed by atoms with Crippen molar-refractivity contribution in [3.8, 4) is 5.75 Å². The normalized spacial score (nSPS) is 13.4. The van der Waals surface area contributed by atoms with E-state index in [0.717, 1.165) is 46.7 Å². The number of amides is 1. The van der Waals surface area contributed by atoms with E-state index in [0.29, 0.717) is 23.0 Å². The lowest BCUT2D eigenvalue weighted by molar-refractivity contribution is 0.101. The number of furan rings is 1. The standard InChI is InChI=1S/C27H24ClNO5S/c1-2-33-21-12-14-22(15-13-21)35(31,32)29(27(30)18-7-9-19(28)10-8-18)20-11-16-26-24(17-20)23-5-3-4-6-25(23)34-26/h7-17H,2-6H2,1H3. The van der Waals surface area contributed by atoms with Crippen LogP contribution < -0.4 is 9.04 Å². The van der Waals surface area contributed by atoms with E-state index in [-0.39, 0.29) is 16.1 Å². The van der Waals surface area contributed by atoms with Gasteiger partial charge in [-0.15, -0.1) is 0 Å². The molecule has 1 aliphatic rings. The minimum absolute atomic E-state index is 0.0161. The molecule has 0 N–H and O–H groups in total. The van der Waals surface area contributed by atoms with Crippen molar-refractivity contribution in [2.24, 2.45) is 0 Å². The van der Waals surface area contributed by atoms with E-state index in [1.54, 1.807) is 42.5 Å². The minimum atomic E-state index is -4.25. The highest BCUT2D eigenvalue weighted by molar-refractivity contribution is 7.93. The van der Waals surface area contributed by atoms with Gasteiger partial charge in [0.25, 0.3) is 15.9 Å². The summed E-state index contributed by atoms with van der Waals surface area (Å²) >= 11 is 5.99. The van der Waals surface area contributed by atoms with Crippen molar-refractivity contribution in [1.29, 1.82) is 0 Å². The van der Waals surface area contributed by atoms with Gasteiger partial charge in [0.1, 0.15) is 17.1 Å². The van der Waals surface area contributed by atoms with E-state index < -0.39 is 15.9 Å². The Hall–Kier alpha value is -3.29. The van der Waals surface area contributed by atoms with Crippen molar-refractivity contribution in [3.05, 3.63) is 88.6 Å². The van der Waals surface area contributed by atoms with Crippen molar-refractivity contribution in [1.82, 2.24) is 0 Å². The highest BCUT2D eigenvalue weighted by Gasteiger charge is 2.33. The number of fused-ring (bicyclic) bond motifs is 3. The topological polar surface area (TPSA) is 76.8 Å². The Labute approximate surface area is 209 Å². The summed E-state index contributed by atoms with van der Waals surface area (Å²) in [6, 6.07) is 17.3. The average molecular weight is 510 g/mol. The van der Waals surface area contributed by atoms with Gasteiger partial charge in [-0.1, -0.05) is 11.6 Å². The predicted molar refractivity (Wildman–Crippen MR) is 136 cm³/mol. The first-order valence-electron chi connectivity index (χ1n) is 11.5. The second-order valence-electron chi connectivity index (χ2n) is 8.38. The number of anilines is 1. The molecule has 0 saturated carbocycles. The van der Waals surface area contributed by atoms with Crippen LogP contribution in [-0.2, 0) is 22.9 Å². The van der Waals surface area contributed by atoms with Crippen LogP contribution in [0.25, 0.3) is 11.0 Å². The molecule has 1 amide bonds. The van der Waals surface area contributed by atoms with Gasteiger partial charge in [-0.05, 0) is 92.9 Å². The van der Waals surface area contributed by atoms with Crippen LogP contribution in [0.2, 0.25) is 5.02 Å². The SMILES string of the molecule is CCOc1ccc(S(=O)(=O)N(C(=O)c2ccc(Cl)cc2)c2ccc3oc4c(c3c2)CCCC4)cc1. The van der Waals surface area contributed by atoms with Crippen LogP contribution in [0, 0.1) is 0 Å². The van der Waals surface area contributed by atoms with E-state index in [9.17, 15) is 13.2 Å². The Morgan fingerprint density at radius 2 is 1.71 bits per heavy atom. The van der Waals surface area contributed by atoms with Gasteiger partial charge in [-0.2, -0.15) is 4.31 Å². The Morgan fingerprint density at radius 1 is 1.00 bits per heavy atom. The zero-order valence-corrected chi connectivity index (χ0v) is 20.7. The van der Waals surface area contributed by atoms with Crippen LogP contribution in [0.1, 0.15) is 41.4 Å². The van der Waals surface area contributed by atoms with Crippen molar-refractivity contribution < 1.29 is 22.4 Å². The smallest absolute Gasteiger partial charge is 0.272 e. The van der Waals surface area contributed by atoms with E-state index in [2.05, 4.69) is 0 Å². The maximum Gasteiger partial charge on any atom is 0.272 e. The molecule has 5 rings (SSSR count). The molecule has 6 nitrogen and oxygen atoms in total. The molecular formula is C27H24ClNO5S. The molecule has 0 aliphatic heterocycles. The first-order valence-corrected chi connectivity index (χ1v) is 13.3. The number of benzene rings is 3. The lowest BCUT2D eigenvalue weighted by Crippen LogP contribution is -2.37. The quantitative estimate of drug-likeness (QED) is 0.300. The van der Waals surface area contributed by atoms with Crippen molar-refractivity contribution in [2.45, 2.75) is 37.5 Å². The number of carbonyl (C=O) groups is 1. The number of sulfonamides is 1. The maximum atomic E-state index is 13.9. The van der Waals surface area contributed by atoms with E-state index in [4.69, 9.17) is 20.8 Å². The summed E-state index contributed by atoms with van der Waals surface area (Å²) in [4.78, 5) is 13.6. The first kappa shape index (κ1) is 23.5. The summed E-state index contributed by atoms with van der Waals surface area (Å²) < 4.78 is 40.0. The number of hydrogen-bond donors (Lipinski definition) is 0. The molecule has 0 fully saturated rings. The molecule has 1 aromatic heterocycles. The highest BCUT2D eigenvalue weighted by Crippen LogP contribution is 2.36. The number of halogens is 1. The Morgan fingerprint density at radius 3 is 2.43 bits per heavy atom. The third-order valence-corrected chi connectivity index (χ3v) is 8.10. The summed E-state index contributed by atoms with van der Waals surface area (Å²) in [7, 11) is -4.25. The van der Waals surface area contributed by atoms with Crippen LogP contribution in [0.15, 0.2) is 76.0 Å². The summed E-state index contributed by atoms with van der Waals surface area (Å²) in [5.74, 6) is 0.814. The van der Waals surface area contributed by atoms with Crippen LogP contribution in [-0.4, -0.2) is 20.9 Å². The number of ether oxygens (including phenoxy) is 1. The van der Waals surface area contributed by atoms with Gasteiger partial charge >= 0.3 is 0 Å². The molecule has 0 unspecified atom stereocenters. The van der Waals surface area contributed by atoms with Crippen molar-refractivity contribution in [3.63, 3.8) is 0 Å². The zero-order chi connectivity index (χ0) is 24.6. The third kappa shape index (κ3) is 4.42. The molecule has 0 radical (unpaired) electrons. The van der Waals surface area contributed by atoms with E-state index in [1.807, 2.05) is 6.92 Å². The zero-order valence-electron chi connectivity index (χ0n) is 19.2. The molecular weight excluding hydrogens is 486 g/mol. The summed E-state index contributed by atoms with van der Waals surface area (Å²) in [6.07, 6.45) is 3.83. The number of carbonyl (C=O) groups excluding carboxylic acids is 1. The maximum absolute atomic E-state index is 13.9. The molecule has 1 heterocycles. The van der Waals surface area contributed by atoms with Crippen LogP contribution in [0.3, 0.4) is 0 Å². The number of nitrogens with zero attached hydrogens (tertiary/aromatic N) is 1. The predicted octanol–water partition coefficient (Wildman–Crippen LogP) is 6.40. The molecule has 0 spiro atoms. The van der Waals surface area contributed by atoms with Crippen LogP contribution in [0.5, 0.6) is 5.75 Å². The van der Waals surface area contributed by atoms with E-state index in [1.165, 1.54) is 24.3 Å². The minimum Gasteiger partial charge on any atom is -0.494 e. The van der Waals surface area contributed by atoms with Gasteiger partial charge in [0.05, 0.1) is 17.2 Å². The third-order valence-electron chi connectivity index (χ3n) is 6.12. The molecule has 0 bridgehead atoms. The second-order valence-corrected chi connectivity index (χ2v) is 10.6. The fourth-order valence-electron chi connectivity index (χ4n) is 4.43. The largest absolute Gasteiger partial charge is 0.494 e. The van der Waals surface area contributed by atoms with Crippen molar-refractivity contribution >= 4 is 44.2 Å². The molecule has 4 aromatic rings. The van der Waals surface area contributed by atoms with Gasteiger partial charge in [0.15, 0.2) is 0 Å². The first-order chi connectivity index (χ1) is 16.9. The Bertz CT molecular complexity index is 1490. The molecule has 0 atom stereocenters. The number of hydrogen-bond acceptors (Lipinski definition) is 5. The number of aryl methyl sites for hydroxylation is 2. The van der Waals surface area contributed by atoms with Gasteiger partial charge in [0.2, 0.25) is 0 Å². The fraction of sp³-hybridized carbons (Fsp3) is 0.222. The lowest BCUT2D eigenvalue weighted by atomic mass is 9.96. The van der Waals surface area contributed by atoms with Gasteiger partial charge < -0.3 is 9.15 Å². The monoisotopic (exact) mass is 509 g/mol. The highest BCUT2D eigenvalue weighted by atomic mass is 35.5. The summed E-state index contributed by atoms with van der Waals surface area (Å²) in [5, 5.41) is 1.29. The average Bonchev–Trinajstić information content (AvgIpc) is 3.23. The second kappa shape index (κ2) is 9.40. The van der Waals surface area contributed by atoms with Gasteiger partial charge in [-0.25, -0.2) is 8.42 Å². The summed E-state index contributed by atoms with van der Waals surface area (Å²) in [6.45, 7) is 2.31. The van der Waals surface area contributed by atoms with E-state index >= 15 is 0 Å². The van der Waals surface area contributed by atoms with Crippen molar-refractivity contribution in [2.75, 3.05) is 10.9 Å². The Balaban J connectivity index is 1.65. The molecule has 0 saturated heterocycles. The van der Waals surface area contributed by atoms with Crippen LogP contribution in [0.4, 0.5) is 5.69 Å². The molecule has 8 heteroatoms. The van der Waals surface area contributed by atoms with Gasteiger partial charge in [-0.3, -0.25) is 4.79 Å². The Kier molecular flexibility index (Phi) is 6.30. The van der Waals surface area contributed by atoms with Gasteiger partial charge in [0, 0.05) is 28.0 Å². The molecule has 180 valence electrons. The van der Waals surface area contributed by atoms with Crippen LogP contribution >= 0.6 is 11.6 Å². The summed E-state index contributed by atoms with van der Waals surface area (Å²) in [5.41, 5.74) is 2.24. The molecule has 3 aromatic carbocycles.